The van der Waals surface area contributed by atoms with E-state index in [4.69, 9.17) is 23.8 Å². The Morgan fingerprint density at radius 2 is 1.78 bits per heavy atom. The Labute approximate surface area is 168 Å². The number of nitrogens with zero attached hydrogens (tertiary/aromatic N) is 3. The van der Waals surface area contributed by atoms with E-state index in [1.807, 2.05) is 17.0 Å². The smallest absolute Gasteiger partial charge is 0.252 e. The van der Waals surface area contributed by atoms with Gasteiger partial charge in [0.15, 0.2) is 5.11 Å². The van der Waals surface area contributed by atoms with E-state index in [0.717, 1.165) is 24.3 Å². The summed E-state index contributed by atoms with van der Waals surface area (Å²) in [7, 11) is 0. The predicted octanol–water partition coefficient (Wildman–Crippen LogP) is 4.21. The van der Waals surface area contributed by atoms with E-state index in [0.29, 0.717) is 22.4 Å². The van der Waals surface area contributed by atoms with Crippen molar-refractivity contribution < 1.29 is 9.18 Å². The van der Waals surface area contributed by atoms with Crippen LogP contribution in [0.15, 0.2) is 42.5 Å². The van der Waals surface area contributed by atoms with Gasteiger partial charge >= 0.3 is 0 Å². The molecule has 7 heteroatoms. The van der Waals surface area contributed by atoms with Crippen molar-refractivity contribution in [2.45, 2.75) is 19.4 Å². The minimum absolute atomic E-state index is 0.0906. The molecule has 4 nitrogen and oxygen atoms in total. The highest BCUT2D eigenvalue weighted by Gasteiger charge is 2.34. The maximum absolute atomic E-state index is 13.1. The summed E-state index contributed by atoms with van der Waals surface area (Å²) < 4.78 is 13.1. The lowest BCUT2D eigenvalue weighted by Crippen LogP contribution is -2.32. The second-order valence-electron chi connectivity index (χ2n) is 6.82. The van der Waals surface area contributed by atoms with Gasteiger partial charge in [-0.1, -0.05) is 23.7 Å². The number of carbonyl (C=O) groups is 1. The highest BCUT2D eigenvalue weighted by molar-refractivity contribution is 7.80. The molecule has 0 bridgehead atoms. The molecule has 2 aromatic rings. The van der Waals surface area contributed by atoms with Crippen LogP contribution in [0.2, 0.25) is 5.02 Å². The summed E-state index contributed by atoms with van der Waals surface area (Å²) in [6, 6.07) is 11.9. The van der Waals surface area contributed by atoms with Crippen molar-refractivity contribution in [1.82, 2.24) is 4.90 Å². The Balaban J connectivity index is 1.53. The zero-order valence-corrected chi connectivity index (χ0v) is 16.3. The van der Waals surface area contributed by atoms with Crippen LogP contribution in [0.1, 0.15) is 18.4 Å². The molecule has 0 saturated carbocycles. The lowest BCUT2D eigenvalue weighted by Gasteiger charge is -2.23. The van der Waals surface area contributed by atoms with Crippen molar-refractivity contribution in [3.63, 3.8) is 0 Å². The summed E-state index contributed by atoms with van der Waals surface area (Å²) in [5, 5.41) is 1.07. The molecular formula is C20H19ClFN3OS. The van der Waals surface area contributed by atoms with Crippen LogP contribution in [-0.4, -0.2) is 35.6 Å². The molecule has 2 saturated heterocycles. The predicted molar refractivity (Wildman–Crippen MR) is 110 cm³/mol. The molecule has 0 N–H and O–H groups in total. The molecule has 1 amide bonds. The number of anilines is 2. The molecule has 140 valence electrons. The van der Waals surface area contributed by atoms with Crippen molar-refractivity contribution in [1.29, 1.82) is 0 Å². The monoisotopic (exact) mass is 403 g/mol. The van der Waals surface area contributed by atoms with E-state index >= 15 is 0 Å². The van der Waals surface area contributed by atoms with Gasteiger partial charge in [-0.25, -0.2) is 4.39 Å². The first-order chi connectivity index (χ1) is 13.0. The largest absolute Gasteiger partial charge is 0.370 e. The maximum atomic E-state index is 13.1. The van der Waals surface area contributed by atoms with Crippen molar-refractivity contribution in [3.05, 3.63) is 58.9 Å². The van der Waals surface area contributed by atoms with E-state index in [9.17, 15) is 9.18 Å². The summed E-state index contributed by atoms with van der Waals surface area (Å²) in [6.45, 7) is 2.67. The Morgan fingerprint density at radius 3 is 2.44 bits per heavy atom. The number of benzene rings is 2. The van der Waals surface area contributed by atoms with E-state index < -0.39 is 0 Å². The van der Waals surface area contributed by atoms with Crippen molar-refractivity contribution >= 4 is 46.2 Å². The third-order valence-electron chi connectivity index (χ3n) is 4.96. The molecule has 0 atom stereocenters. The van der Waals surface area contributed by atoms with Gasteiger partial charge in [-0.3, -0.25) is 9.69 Å². The Kier molecular flexibility index (Phi) is 5.02. The van der Waals surface area contributed by atoms with Crippen LogP contribution in [-0.2, 0) is 11.3 Å². The van der Waals surface area contributed by atoms with Gasteiger partial charge in [0.25, 0.3) is 5.91 Å². The van der Waals surface area contributed by atoms with Gasteiger partial charge in [0, 0.05) is 19.6 Å². The maximum Gasteiger partial charge on any atom is 0.252 e. The van der Waals surface area contributed by atoms with Crippen LogP contribution in [0, 0.1) is 5.82 Å². The van der Waals surface area contributed by atoms with Crippen LogP contribution in [0.3, 0.4) is 0 Å². The quantitative estimate of drug-likeness (QED) is 0.714. The first-order valence-electron chi connectivity index (χ1n) is 8.94. The molecule has 0 aliphatic carbocycles. The summed E-state index contributed by atoms with van der Waals surface area (Å²) in [4.78, 5) is 18.2. The zero-order valence-electron chi connectivity index (χ0n) is 14.7. The molecule has 2 heterocycles. The van der Waals surface area contributed by atoms with Crippen LogP contribution in [0.5, 0.6) is 0 Å². The lowest BCUT2D eigenvalue weighted by molar-refractivity contribution is -0.116. The van der Waals surface area contributed by atoms with Gasteiger partial charge in [-0.15, -0.1) is 0 Å². The molecule has 2 aliphatic rings. The molecule has 4 rings (SSSR count). The molecule has 2 aromatic carbocycles. The van der Waals surface area contributed by atoms with E-state index in [2.05, 4.69) is 4.90 Å². The third-order valence-corrected chi connectivity index (χ3v) is 5.70. The fourth-order valence-electron chi connectivity index (χ4n) is 3.59. The van der Waals surface area contributed by atoms with Crippen LogP contribution in [0.4, 0.5) is 15.8 Å². The van der Waals surface area contributed by atoms with Gasteiger partial charge in [-0.05, 0) is 61.0 Å². The number of carbonyl (C=O) groups excluding carboxylic acids is 1. The van der Waals surface area contributed by atoms with Gasteiger partial charge in [-0.2, -0.15) is 0 Å². The lowest BCUT2D eigenvalue weighted by atomic mass is 10.2. The topological polar surface area (TPSA) is 26.8 Å². The van der Waals surface area contributed by atoms with Gasteiger partial charge in [0.2, 0.25) is 0 Å². The molecule has 0 unspecified atom stereocenters. The van der Waals surface area contributed by atoms with E-state index in [1.54, 1.807) is 18.2 Å². The number of rotatable bonds is 4. The number of halogens is 2. The van der Waals surface area contributed by atoms with Gasteiger partial charge in [0.05, 0.1) is 16.4 Å². The number of amides is 1. The van der Waals surface area contributed by atoms with Crippen molar-refractivity contribution in [3.8, 4) is 0 Å². The highest BCUT2D eigenvalue weighted by Crippen LogP contribution is 2.34. The second kappa shape index (κ2) is 7.44. The standard InChI is InChI=1S/C20H19ClFN3OS/c21-17-11-16(7-8-18(17)23-9-1-2-10-23)25-19(26)13-24(20(25)27)12-14-3-5-15(22)6-4-14/h3-8,11H,1-2,9-10,12-13H2. The fourth-order valence-corrected chi connectivity index (χ4v) is 4.22. The summed E-state index contributed by atoms with van der Waals surface area (Å²) in [6.07, 6.45) is 2.34. The first-order valence-corrected chi connectivity index (χ1v) is 9.72. The van der Waals surface area contributed by atoms with Crippen LogP contribution < -0.4 is 9.80 Å². The Bertz CT molecular complexity index is 883. The van der Waals surface area contributed by atoms with Crippen LogP contribution >= 0.6 is 23.8 Å². The third kappa shape index (κ3) is 3.64. The minimum Gasteiger partial charge on any atom is -0.370 e. The molecule has 0 spiro atoms. The zero-order chi connectivity index (χ0) is 19.0. The van der Waals surface area contributed by atoms with Gasteiger partial charge in [0.1, 0.15) is 12.4 Å². The fraction of sp³-hybridized carbons (Fsp3) is 0.300. The van der Waals surface area contributed by atoms with Gasteiger partial charge < -0.3 is 9.80 Å². The molecule has 2 aliphatic heterocycles. The van der Waals surface area contributed by atoms with E-state index in [1.165, 1.54) is 29.9 Å². The summed E-state index contributed by atoms with van der Waals surface area (Å²) >= 11 is 12.0. The number of hydrogen-bond acceptors (Lipinski definition) is 3. The second-order valence-corrected chi connectivity index (χ2v) is 7.60. The SMILES string of the molecule is O=C1CN(Cc2ccc(F)cc2)C(=S)N1c1ccc(N2CCCC2)c(Cl)c1. The van der Waals surface area contributed by atoms with Crippen molar-refractivity contribution in [2.24, 2.45) is 0 Å². The van der Waals surface area contributed by atoms with E-state index in [-0.39, 0.29) is 18.3 Å². The highest BCUT2D eigenvalue weighted by atomic mass is 35.5. The molecule has 2 fully saturated rings. The molecular weight excluding hydrogens is 385 g/mol. The normalized spacial score (nSPS) is 17.3. The molecule has 0 radical (unpaired) electrons. The summed E-state index contributed by atoms with van der Waals surface area (Å²) in [5.74, 6) is -0.375. The number of thiocarbonyl (C=S) groups is 1. The van der Waals surface area contributed by atoms with Crippen molar-refractivity contribution in [2.75, 3.05) is 29.4 Å². The summed E-state index contributed by atoms with van der Waals surface area (Å²) in [5.41, 5.74) is 2.58. The Morgan fingerprint density at radius 1 is 1.07 bits per heavy atom. The average Bonchev–Trinajstić information content (AvgIpc) is 3.26. The first kappa shape index (κ1) is 18.2. The molecule has 0 aromatic heterocycles. The number of hydrogen-bond donors (Lipinski definition) is 0. The molecule has 27 heavy (non-hydrogen) atoms. The van der Waals surface area contributed by atoms with Crippen LogP contribution in [0.25, 0.3) is 0 Å². The Hall–Kier alpha value is -2.18. The minimum atomic E-state index is -0.284. The average molecular weight is 404 g/mol.